The number of aryl methyl sites for hydroxylation is 2. The van der Waals surface area contributed by atoms with Crippen molar-refractivity contribution >= 4 is 0 Å². The lowest BCUT2D eigenvalue weighted by atomic mass is 9.94. The Morgan fingerprint density at radius 1 is 0.857 bits per heavy atom. The minimum atomic E-state index is 0.266. The van der Waals surface area contributed by atoms with Crippen LogP contribution >= 0.6 is 0 Å². The van der Waals surface area contributed by atoms with Crippen LogP contribution in [0.4, 0.5) is 0 Å². The topological polar surface area (TPSA) is 21.3 Å². The number of nitrogens with one attached hydrogen (secondary N) is 1. The summed E-state index contributed by atoms with van der Waals surface area (Å²) in [6.45, 7) is 1.52. The van der Waals surface area contributed by atoms with Crippen molar-refractivity contribution < 1.29 is 4.74 Å². The Balaban J connectivity index is 1.71. The molecular weight excluding hydrogens is 258 g/mol. The van der Waals surface area contributed by atoms with Gasteiger partial charge in [-0.2, -0.15) is 0 Å². The zero-order chi connectivity index (χ0) is 14.2. The molecule has 1 atom stereocenters. The Morgan fingerprint density at radius 3 is 2.33 bits per heavy atom. The predicted molar refractivity (Wildman–Crippen MR) is 84.3 cm³/mol. The van der Waals surface area contributed by atoms with Gasteiger partial charge in [-0.3, -0.25) is 0 Å². The first-order valence-electron chi connectivity index (χ1n) is 7.83. The molecule has 2 aromatic rings. The average molecular weight is 279 g/mol. The normalized spacial score (nSPS) is 17.6. The number of hydrogen-bond donors (Lipinski definition) is 1. The maximum atomic E-state index is 5.53. The van der Waals surface area contributed by atoms with E-state index in [-0.39, 0.29) is 6.04 Å². The van der Waals surface area contributed by atoms with E-state index in [4.69, 9.17) is 4.74 Å². The number of benzene rings is 2. The molecule has 108 valence electrons. The minimum absolute atomic E-state index is 0.266. The lowest BCUT2D eigenvalue weighted by molar-refractivity contribution is 0.134. The fourth-order valence-electron chi connectivity index (χ4n) is 3.67. The van der Waals surface area contributed by atoms with Crippen molar-refractivity contribution in [2.24, 2.45) is 0 Å². The third-order valence-electron chi connectivity index (χ3n) is 4.82. The first-order chi connectivity index (χ1) is 10.3. The standard InChI is InChI=1S/C19H21NO/c1-20-19(15-6-5-13-3-2-4-14(13)9-15)16-7-8-17-11-21-12-18(17)10-16/h5-10,19-20H,2-4,11-12H2,1H3. The highest BCUT2D eigenvalue weighted by Gasteiger charge is 2.19. The third kappa shape index (κ3) is 2.29. The van der Waals surface area contributed by atoms with E-state index in [9.17, 15) is 0 Å². The van der Waals surface area contributed by atoms with Crippen molar-refractivity contribution in [1.29, 1.82) is 0 Å². The van der Waals surface area contributed by atoms with Gasteiger partial charge in [0.1, 0.15) is 0 Å². The molecule has 0 fully saturated rings. The monoisotopic (exact) mass is 279 g/mol. The molecule has 4 rings (SSSR count). The summed E-state index contributed by atoms with van der Waals surface area (Å²) in [6.07, 6.45) is 3.78. The fourth-order valence-corrected chi connectivity index (χ4v) is 3.67. The largest absolute Gasteiger partial charge is 0.372 e. The first kappa shape index (κ1) is 13.1. The highest BCUT2D eigenvalue weighted by Crippen LogP contribution is 2.30. The average Bonchev–Trinajstić information content (AvgIpc) is 3.15. The van der Waals surface area contributed by atoms with Crippen LogP contribution in [0.1, 0.15) is 45.8 Å². The maximum absolute atomic E-state index is 5.53. The zero-order valence-electron chi connectivity index (χ0n) is 12.5. The van der Waals surface area contributed by atoms with Crippen molar-refractivity contribution in [3.8, 4) is 0 Å². The van der Waals surface area contributed by atoms with Gasteiger partial charge in [-0.05, 0) is 59.7 Å². The van der Waals surface area contributed by atoms with Crippen LogP contribution in [0.3, 0.4) is 0 Å². The number of ether oxygens (including phenoxy) is 1. The molecule has 1 heterocycles. The van der Waals surface area contributed by atoms with Crippen LogP contribution in [-0.4, -0.2) is 7.05 Å². The zero-order valence-corrected chi connectivity index (χ0v) is 12.5. The van der Waals surface area contributed by atoms with Crippen LogP contribution in [0.2, 0.25) is 0 Å². The molecule has 2 aliphatic rings. The Hall–Kier alpha value is -1.64. The molecule has 21 heavy (non-hydrogen) atoms. The van der Waals surface area contributed by atoms with Gasteiger partial charge in [0.2, 0.25) is 0 Å². The highest BCUT2D eigenvalue weighted by atomic mass is 16.5. The van der Waals surface area contributed by atoms with Crippen molar-refractivity contribution in [2.45, 2.75) is 38.5 Å². The predicted octanol–water partition coefficient (Wildman–Crippen LogP) is 3.51. The van der Waals surface area contributed by atoms with Crippen LogP contribution in [0.5, 0.6) is 0 Å². The summed E-state index contributed by atoms with van der Waals surface area (Å²) >= 11 is 0. The molecule has 1 N–H and O–H groups in total. The Labute approximate surface area is 126 Å². The summed E-state index contributed by atoms with van der Waals surface area (Å²) < 4.78 is 5.53. The van der Waals surface area contributed by atoms with Gasteiger partial charge in [0.15, 0.2) is 0 Å². The van der Waals surface area contributed by atoms with E-state index in [0.29, 0.717) is 0 Å². The second-order valence-corrected chi connectivity index (χ2v) is 6.12. The lowest BCUT2D eigenvalue weighted by Crippen LogP contribution is -2.18. The van der Waals surface area contributed by atoms with E-state index < -0.39 is 0 Å². The number of hydrogen-bond acceptors (Lipinski definition) is 2. The van der Waals surface area contributed by atoms with E-state index in [1.54, 1.807) is 0 Å². The van der Waals surface area contributed by atoms with Crippen LogP contribution < -0.4 is 5.32 Å². The summed E-state index contributed by atoms with van der Waals surface area (Å²) in [6, 6.07) is 14.0. The molecule has 2 aromatic carbocycles. The van der Waals surface area contributed by atoms with E-state index in [1.165, 1.54) is 52.6 Å². The van der Waals surface area contributed by atoms with Crippen LogP contribution in [0, 0.1) is 0 Å². The molecule has 0 spiro atoms. The lowest BCUT2D eigenvalue weighted by Gasteiger charge is -2.19. The highest BCUT2D eigenvalue weighted by molar-refractivity contribution is 5.42. The van der Waals surface area contributed by atoms with Crippen molar-refractivity contribution in [3.63, 3.8) is 0 Å². The SMILES string of the molecule is CNC(c1ccc2c(c1)CCC2)c1ccc2c(c1)COC2. The smallest absolute Gasteiger partial charge is 0.0725 e. The summed E-state index contributed by atoms with van der Waals surface area (Å²) in [5.74, 6) is 0. The number of rotatable bonds is 3. The fraction of sp³-hybridized carbons (Fsp3) is 0.368. The Bertz CT molecular complexity index is 620. The van der Waals surface area contributed by atoms with Gasteiger partial charge >= 0.3 is 0 Å². The van der Waals surface area contributed by atoms with Crippen molar-refractivity contribution in [1.82, 2.24) is 5.32 Å². The molecule has 1 aliphatic heterocycles. The van der Waals surface area contributed by atoms with Crippen LogP contribution in [0.15, 0.2) is 36.4 Å². The summed E-state index contributed by atoms with van der Waals surface area (Å²) in [5.41, 5.74) is 8.46. The van der Waals surface area contributed by atoms with E-state index in [1.807, 2.05) is 7.05 Å². The summed E-state index contributed by atoms with van der Waals surface area (Å²) in [5, 5.41) is 3.48. The second-order valence-electron chi connectivity index (χ2n) is 6.12. The molecule has 0 aromatic heterocycles. The third-order valence-corrected chi connectivity index (χ3v) is 4.82. The molecule has 0 saturated carbocycles. The molecule has 0 bridgehead atoms. The van der Waals surface area contributed by atoms with Gasteiger partial charge in [0.05, 0.1) is 19.3 Å². The van der Waals surface area contributed by atoms with Crippen LogP contribution in [-0.2, 0) is 30.8 Å². The number of fused-ring (bicyclic) bond motifs is 2. The molecule has 0 saturated heterocycles. The van der Waals surface area contributed by atoms with Gasteiger partial charge in [0, 0.05) is 0 Å². The molecule has 1 aliphatic carbocycles. The van der Waals surface area contributed by atoms with Crippen molar-refractivity contribution in [3.05, 3.63) is 69.8 Å². The molecule has 0 amide bonds. The first-order valence-corrected chi connectivity index (χ1v) is 7.83. The van der Waals surface area contributed by atoms with E-state index in [0.717, 1.165) is 13.2 Å². The van der Waals surface area contributed by atoms with Gasteiger partial charge in [-0.25, -0.2) is 0 Å². The van der Waals surface area contributed by atoms with Gasteiger partial charge in [-0.15, -0.1) is 0 Å². The maximum Gasteiger partial charge on any atom is 0.0725 e. The summed E-state index contributed by atoms with van der Waals surface area (Å²) in [4.78, 5) is 0. The minimum Gasteiger partial charge on any atom is -0.372 e. The van der Waals surface area contributed by atoms with Crippen LogP contribution in [0.25, 0.3) is 0 Å². The van der Waals surface area contributed by atoms with E-state index in [2.05, 4.69) is 41.7 Å². The van der Waals surface area contributed by atoms with Gasteiger partial charge < -0.3 is 10.1 Å². The molecule has 0 radical (unpaired) electrons. The molecule has 1 unspecified atom stereocenters. The second kappa shape index (κ2) is 5.28. The van der Waals surface area contributed by atoms with Gasteiger partial charge in [0.25, 0.3) is 0 Å². The Kier molecular flexibility index (Phi) is 3.28. The van der Waals surface area contributed by atoms with Gasteiger partial charge in [-0.1, -0.05) is 36.4 Å². The molecule has 2 heteroatoms. The quantitative estimate of drug-likeness (QED) is 0.928. The summed E-state index contributed by atoms with van der Waals surface area (Å²) in [7, 11) is 2.04. The van der Waals surface area contributed by atoms with Crippen molar-refractivity contribution in [2.75, 3.05) is 7.05 Å². The Morgan fingerprint density at radius 2 is 1.52 bits per heavy atom. The molecule has 2 nitrogen and oxygen atoms in total. The van der Waals surface area contributed by atoms with E-state index >= 15 is 0 Å². The molecular formula is C19H21NO.